The first kappa shape index (κ1) is 13.7. The van der Waals surface area contributed by atoms with Gasteiger partial charge in [-0.2, -0.15) is 0 Å². The van der Waals surface area contributed by atoms with Crippen LogP contribution in [0, 0.1) is 0 Å². The van der Waals surface area contributed by atoms with Crippen LogP contribution < -0.4 is 0 Å². The molecule has 0 N–H and O–H groups in total. The van der Waals surface area contributed by atoms with Crippen LogP contribution in [0.4, 0.5) is 0 Å². The van der Waals surface area contributed by atoms with Crippen LogP contribution in [0.3, 0.4) is 0 Å². The van der Waals surface area contributed by atoms with E-state index in [0.717, 1.165) is 0 Å². The van der Waals surface area contributed by atoms with Gasteiger partial charge in [-0.3, -0.25) is 0 Å². The van der Waals surface area contributed by atoms with E-state index in [1.54, 1.807) is 0 Å². The molecule has 0 spiro atoms. The zero-order chi connectivity index (χ0) is 10.5. The molecule has 0 rings (SSSR count). The summed E-state index contributed by atoms with van der Waals surface area (Å²) in [7, 11) is -2.53. The third-order valence-corrected chi connectivity index (χ3v) is 6.24. The smallest absolute Gasteiger partial charge is 0.383 e. The van der Waals surface area contributed by atoms with E-state index in [1.807, 2.05) is 20.4 Å². The first-order valence-corrected chi connectivity index (χ1v) is 7.42. The van der Waals surface area contributed by atoms with Crippen molar-refractivity contribution in [3.63, 3.8) is 0 Å². The van der Waals surface area contributed by atoms with Crippen molar-refractivity contribution < 1.29 is 8.85 Å². The van der Waals surface area contributed by atoms with E-state index in [4.69, 9.17) is 43.7 Å². The fourth-order valence-corrected chi connectivity index (χ4v) is 4.03. The van der Waals surface area contributed by atoms with E-state index in [-0.39, 0.29) is 4.49 Å². The minimum absolute atomic E-state index is 0.0257. The Morgan fingerprint density at radius 3 is 1.69 bits per heavy atom. The molecule has 2 nitrogen and oxygen atoms in total. The maximum atomic E-state index is 5.91. The van der Waals surface area contributed by atoms with Gasteiger partial charge in [0.05, 0.1) is 4.66 Å². The number of rotatable bonds is 5. The van der Waals surface area contributed by atoms with Crippen molar-refractivity contribution in [3.8, 4) is 0 Å². The van der Waals surface area contributed by atoms with Crippen LogP contribution in [0.25, 0.3) is 0 Å². The molecule has 78 valence electrons. The minimum atomic E-state index is -2.53. The van der Waals surface area contributed by atoms with Crippen LogP contribution in [-0.4, -0.2) is 21.8 Å². The highest BCUT2D eigenvalue weighted by Gasteiger charge is 2.37. The topological polar surface area (TPSA) is 18.5 Å². The van der Waals surface area contributed by atoms with Gasteiger partial charge < -0.3 is 8.85 Å². The molecule has 0 radical (unpaired) electrons. The van der Waals surface area contributed by atoms with E-state index in [1.165, 1.54) is 0 Å². The molecule has 13 heavy (non-hydrogen) atoms. The molecule has 0 aliphatic heterocycles. The standard InChI is InChI=1S/C7H13Cl3O2Si/c1-4-11-13(3,12-5-2)7(10)6(8)9/h4-5H2,1-3H3. The van der Waals surface area contributed by atoms with Gasteiger partial charge in [-0.05, 0) is 20.4 Å². The van der Waals surface area contributed by atoms with Crippen molar-refractivity contribution >= 4 is 43.4 Å². The summed E-state index contributed by atoms with van der Waals surface area (Å²) in [4.78, 5) is 0. The Morgan fingerprint density at radius 1 is 1.08 bits per heavy atom. The van der Waals surface area contributed by atoms with Gasteiger partial charge in [0.25, 0.3) is 0 Å². The molecule has 0 heterocycles. The van der Waals surface area contributed by atoms with Crippen molar-refractivity contribution in [2.75, 3.05) is 13.2 Å². The monoisotopic (exact) mass is 262 g/mol. The summed E-state index contributed by atoms with van der Waals surface area (Å²) in [5, 5.41) is 0. The normalized spacial score (nSPS) is 11.5. The minimum Gasteiger partial charge on any atom is -0.391 e. The molecule has 0 amide bonds. The molecule has 0 saturated heterocycles. The van der Waals surface area contributed by atoms with Crippen LogP contribution in [0.15, 0.2) is 9.15 Å². The first-order chi connectivity index (χ1) is 5.98. The third kappa shape index (κ3) is 4.19. The van der Waals surface area contributed by atoms with E-state index >= 15 is 0 Å². The molecule has 0 aromatic rings. The lowest BCUT2D eigenvalue weighted by atomic mass is 10.9. The Balaban J connectivity index is 4.67. The van der Waals surface area contributed by atoms with Crippen LogP contribution in [-0.2, 0) is 8.85 Å². The van der Waals surface area contributed by atoms with Gasteiger partial charge in [-0.1, -0.05) is 34.8 Å². The second-order valence-corrected chi connectivity index (χ2v) is 7.00. The summed E-state index contributed by atoms with van der Waals surface area (Å²) in [5.41, 5.74) is 0. The Hall–Kier alpha value is 0.747. The molecule has 0 saturated carbocycles. The Bertz CT molecular complexity index is 186. The van der Waals surface area contributed by atoms with Crippen molar-refractivity contribution in [3.05, 3.63) is 9.15 Å². The molecule has 0 aromatic heterocycles. The molecule has 0 atom stereocenters. The lowest BCUT2D eigenvalue weighted by Crippen LogP contribution is -2.40. The molecule has 0 unspecified atom stereocenters. The third-order valence-electron chi connectivity index (χ3n) is 1.40. The van der Waals surface area contributed by atoms with Gasteiger partial charge in [0, 0.05) is 13.2 Å². The van der Waals surface area contributed by atoms with Crippen molar-refractivity contribution in [1.29, 1.82) is 0 Å². The molecule has 0 aliphatic rings. The summed E-state index contributed by atoms with van der Waals surface area (Å²) in [6, 6.07) is 0. The van der Waals surface area contributed by atoms with Gasteiger partial charge in [-0.25, -0.2) is 0 Å². The van der Waals surface area contributed by atoms with Crippen LogP contribution in [0.2, 0.25) is 6.55 Å². The zero-order valence-electron chi connectivity index (χ0n) is 7.86. The van der Waals surface area contributed by atoms with Gasteiger partial charge in [0.2, 0.25) is 0 Å². The zero-order valence-corrected chi connectivity index (χ0v) is 11.1. The Morgan fingerprint density at radius 2 is 1.46 bits per heavy atom. The SMILES string of the molecule is CCO[Si](C)(OCC)C(Cl)=C(Cl)Cl. The molecule has 0 aliphatic carbocycles. The van der Waals surface area contributed by atoms with Crippen LogP contribution in [0.5, 0.6) is 0 Å². The summed E-state index contributed by atoms with van der Waals surface area (Å²) in [6.45, 7) is 6.61. The quantitative estimate of drug-likeness (QED) is 0.706. The molecule has 6 heteroatoms. The highest BCUT2D eigenvalue weighted by molar-refractivity contribution is 6.86. The second kappa shape index (κ2) is 6.27. The number of hydrogen-bond donors (Lipinski definition) is 0. The highest BCUT2D eigenvalue weighted by Crippen LogP contribution is 2.28. The van der Waals surface area contributed by atoms with Crippen LogP contribution in [0.1, 0.15) is 13.8 Å². The van der Waals surface area contributed by atoms with Gasteiger partial charge in [-0.15, -0.1) is 0 Å². The molecule has 0 aromatic carbocycles. The van der Waals surface area contributed by atoms with Crippen LogP contribution >= 0.6 is 34.8 Å². The van der Waals surface area contributed by atoms with E-state index in [9.17, 15) is 0 Å². The predicted octanol–water partition coefficient (Wildman–Crippen LogP) is 3.56. The maximum absolute atomic E-state index is 5.91. The number of halogens is 3. The van der Waals surface area contributed by atoms with Crippen molar-refractivity contribution in [1.82, 2.24) is 0 Å². The molecular formula is C7H13Cl3O2Si. The maximum Gasteiger partial charge on any atom is 0.383 e. The average Bonchev–Trinajstić information content (AvgIpc) is 2.03. The first-order valence-electron chi connectivity index (χ1n) is 3.97. The number of hydrogen-bond acceptors (Lipinski definition) is 2. The van der Waals surface area contributed by atoms with E-state index < -0.39 is 8.56 Å². The second-order valence-electron chi connectivity index (χ2n) is 2.39. The Labute approximate surface area is 95.0 Å². The van der Waals surface area contributed by atoms with Crippen molar-refractivity contribution in [2.45, 2.75) is 20.4 Å². The lowest BCUT2D eigenvalue weighted by Gasteiger charge is -2.25. The highest BCUT2D eigenvalue weighted by atomic mass is 35.5. The summed E-state index contributed by atoms with van der Waals surface area (Å²) in [5.74, 6) is 0. The predicted molar refractivity (Wildman–Crippen MR) is 59.5 cm³/mol. The molecular weight excluding hydrogens is 251 g/mol. The molecule has 0 fully saturated rings. The fourth-order valence-electron chi connectivity index (χ4n) is 0.891. The van der Waals surface area contributed by atoms with Gasteiger partial charge in [0.15, 0.2) is 0 Å². The Kier molecular flexibility index (Phi) is 6.63. The van der Waals surface area contributed by atoms with Gasteiger partial charge >= 0.3 is 8.56 Å². The summed E-state index contributed by atoms with van der Waals surface area (Å²) < 4.78 is 11.2. The molecule has 0 bridgehead atoms. The average molecular weight is 264 g/mol. The largest absolute Gasteiger partial charge is 0.391 e. The summed E-state index contributed by atoms with van der Waals surface area (Å²) in [6.07, 6.45) is 0. The van der Waals surface area contributed by atoms with E-state index in [2.05, 4.69) is 0 Å². The van der Waals surface area contributed by atoms with E-state index in [0.29, 0.717) is 17.9 Å². The van der Waals surface area contributed by atoms with Gasteiger partial charge in [0.1, 0.15) is 4.49 Å². The lowest BCUT2D eigenvalue weighted by molar-refractivity contribution is 0.200. The fraction of sp³-hybridized carbons (Fsp3) is 0.714. The van der Waals surface area contributed by atoms with Crippen molar-refractivity contribution in [2.24, 2.45) is 0 Å². The summed E-state index contributed by atoms with van der Waals surface area (Å²) >= 11 is 17.1.